The Bertz CT molecular complexity index is 512. The van der Waals surface area contributed by atoms with Crippen molar-refractivity contribution in [1.82, 2.24) is 19.8 Å². The molecule has 0 bridgehead atoms. The molecule has 0 radical (unpaired) electrons. The van der Waals surface area contributed by atoms with Crippen molar-refractivity contribution >= 4 is 0 Å². The van der Waals surface area contributed by atoms with Crippen molar-refractivity contribution in [3.63, 3.8) is 0 Å². The second kappa shape index (κ2) is 8.72. The highest BCUT2D eigenvalue weighted by Crippen LogP contribution is 2.06. The average Bonchev–Trinajstić information content (AvgIpc) is 2.70. The Balaban J connectivity index is 1.57. The molecule has 1 saturated heterocycles. The van der Waals surface area contributed by atoms with Crippen LogP contribution in [-0.4, -0.2) is 59.2 Å². The Hall–Kier alpha value is -1.82. The molecule has 0 atom stereocenters. The van der Waals surface area contributed by atoms with Crippen LogP contribution in [-0.2, 0) is 17.8 Å². The zero-order chi connectivity index (χ0) is 15.7. The lowest BCUT2D eigenvalue weighted by atomic mass is 10.3. The number of hydrogen-bond acceptors (Lipinski definition) is 5. The molecule has 5 heteroatoms. The van der Waals surface area contributed by atoms with E-state index >= 15 is 0 Å². The minimum Gasteiger partial charge on any atom is -0.379 e. The fourth-order valence-electron chi connectivity index (χ4n) is 2.75. The third-order valence-corrected chi connectivity index (χ3v) is 4.06. The molecule has 0 spiro atoms. The molecular formula is C18H24N4O. The van der Waals surface area contributed by atoms with Crippen LogP contribution in [0.4, 0.5) is 0 Å². The second-order valence-electron chi connectivity index (χ2n) is 5.81. The third kappa shape index (κ3) is 5.39. The number of aromatic nitrogens is 2. The summed E-state index contributed by atoms with van der Waals surface area (Å²) >= 11 is 0. The number of nitrogens with zero attached hydrogens (tertiary/aromatic N) is 4. The van der Waals surface area contributed by atoms with Crippen molar-refractivity contribution in [3.05, 3.63) is 60.2 Å². The van der Waals surface area contributed by atoms with E-state index < -0.39 is 0 Å². The lowest BCUT2D eigenvalue weighted by Crippen LogP contribution is -2.35. The van der Waals surface area contributed by atoms with Gasteiger partial charge >= 0.3 is 0 Å². The van der Waals surface area contributed by atoms with E-state index in [9.17, 15) is 0 Å². The van der Waals surface area contributed by atoms with E-state index in [2.05, 4.69) is 31.9 Å². The summed E-state index contributed by atoms with van der Waals surface area (Å²) in [5.74, 6) is 0. The van der Waals surface area contributed by atoms with E-state index in [-0.39, 0.29) is 0 Å². The SMILES string of the molecule is c1ccc(CN2CCOCCN(Cc3ccccn3)CC2)nc1. The first-order chi connectivity index (χ1) is 11.4. The van der Waals surface area contributed by atoms with E-state index in [4.69, 9.17) is 4.74 Å². The zero-order valence-corrected chi connectivity index (χ0v) is 13.5. The van der Waals surface area contributed by atoms with Gasteiger partial charge in [0.05, 0.1) is 24.6 Å². The van der Waals surface area contributed by atoms with Crippen LogP contribution in [0.2, 0.25) is 0 Å². The standard InChI is InChI=1S/C18H24N4O/c1-3-7-19-17(5-1)15-21-9-10-22(12-14-23-13-11-21)16-18-6-2-4-8-20-18/h1-8H,9-16H2. The summed E-state index contributed by atoms with van der Waals surface area (Å²) in [7, 11) is 0. The highest BCUT2D eigenvalue weighted by molar-refractivity contribution is 5.04. The Morgan fingerprint density at radius 1 is 0.739 bits per heavy atom. The molecule has 0 unspecified atom stereocenters. The molecule has 0 N–H and O–H groups in total. The van der Waals surface area contributed by atoms with Gasteiger partial charge in [0.15, 0.2) is 0 Å². The van der Waals surface area contributed by atoms with Gasteiger partial charge in [-0.2, -0.15) is 0 Å². The van der Waals surface area contributed by atoms with Gasteiger partial charge in [0.2, 0.25) is 0 Å². The summed E-state index contributed by atoms with van der Waals surface area (Å²) in [6.07, 6.45) is 3.71. The minimum atomic E-state index is 0.782. The largest absolute Gasteiger partial charge is 0.379 e. The van der Waals surface area contributed by atoms with Crippen molar-refractivity contribution in [1.29, 1.82) is 0 Å². The summed E-state index contributed by atoms with van der Waals surface area (Å²) in [6, 6.07) is 12.2. The van der Waals surface area contributed by atoms with Gasteiger partial charge in [-0.1, -0.05) is 12.1 Å². The van der Waals surface area contributed by atoms with E-state index in [0.29, 0.717) is 0 Å². The molecule has 122 valence electrons. The fraction of sp³-hybridized carbons (Fsp3) is 0.444. The van der Waals surface area contributed by atoms with Crippen molar-refractivity contribution < 1.29 is 4.74 Å². The Labute approximate surface area is 137 Å². The molecule has 23 heavy (non-hydrogen) atoms. The molecule has 0 aliphatic carbocycles. The fourth-order valence-corrected chi connectivity index (χ4v) is 2.75. The second-order valence-corrected chi connectivity index (χ2v) is 5.81. The van der Waals surface area contributed by atoms with Gasteiger partial charge in [-0.25, -0.2) is 0 Å². The Morgan fingerprint density at radius 3 is 1.70 bits per heavy atom. The smallest absolute Gasteiger partial charge is 0.0594 e. The molecule has 5 nitrogen and oxygen atoms in total. The van der Waals surface area contributed by atoms with Crippen LogP contribution in [0.5, 0.6) is 0 Å². The van der Waals surface area contributed by atoms with Crippen LogP contribution in [0.3, 0.4) is 0 Å². The Morgan fingerprint density at radius 2 is 1.26 bits per heavy atom. The van der Waals surface area contributed by atoms with Crippen molar-refractivity contribution in [2.45, 2.75) is 13.1 Å². The molecule has 3 heterocycles. The first-order valence-corrected chi connectivity index (χ1v) is 8.22. The number of pyridine rings is 2. The van der Waals surface area contributed by atoms with Gasteiger partial charge in [-0.3, -0.25) is 19.8 Å². The summed E-state index contributed by atoms with van der Waals surface area (Å²) in [5.41, 5.74) is 2.23. The lowest BCUT2D eigenvalue weighted by Gasteiger charge is -2.25. The number of hydrogen-bond donors (Lipinski definition) is 0. The molecule has 1 fully saturated rings. The molecule has 3 rings (SSSR count). The molecule has 0 aromatic carbocycles. The Kier molecular flexibility index (Phi) is 6.09. The van der Waals surface area contributed by atoms with Crippen molar-refractivity contribution in [2.24, 2.45) is 0 Å². The van der Waals surface area contributed by atoms with Crippen molar-refractivity contribution in [3.8, 4) is 0 Å². The summed E-state index contributed by atoms with van der Waals surface area (Å²) in [5, 5.41) is 0. The predicted molar refractivity (Wildman–Crippen MR) is 89.8 cm³/mol. The maximum Gasteiger partial charge on any atom is 0.0594 e. The summed E-state index contributed by atoms with van der Waals surface area (Å²) in [6.45, 7) is 7.26. The monoisotopic (exact) mass is 312 g/mol. The van der Waals surface area contributed by atoms with Crippen molar-refractivity contribution in [2.75, 3.05) is 39.4 Å². The van der Waals surface area contributed by atoms with Gasteiger partial charge < -0.3 is 4.74 Å². The van der Waals surface area contributed by atoms with Crippen LogP contribution in [0.1, 0.15) is 11.4 Å². The van der Waals surface area contributed by atoms with Gasteiger partial charge in [0, 0.05) is 51.7 Å². The number of rotatable bonds is 4. The average molecular weight is 312 g/mol. The van der Waals surface area contributed by atoms with Gasteiger partial charge in [-0.05, 0) is 24.3 Å². The highest BCUT2D eigenvalue weighted by atomic mass is 16.5. The van der Waals surface area contributed by atoms with Crippen LogP contribution < -0.4 is 0 Å². The molecule has 1 aliphatic heterocycles. The first kappa shape index (κ1) is 16.1. The molecule has 0 amide bonds. The zero-order valence-electron chi connectivity index (χ0n) is 13.5. The van der Waals surface area contributed by atoms with Gasteiger partial charge in [-0.15, -0.1) is 0 Å². The van der Waals surface area contributed by atoms with E-state index in [1.54, 1.807) is 0 Å². The molecular weight excluding hydrogens is 288 g/mol. The first-order valence-electron chi connectivity index (χ1n) is 8.22. The number of ether oxygens (including phenoxy) is 1. The lowest BCUT2D eigenvalue weighted by molar-refractivity contribution is 0.103. The summed E-state index contributed by atoms with van der Waals surface area (Å²) < 4.78 is 5.77. The van der Waals surface area contributed by atoms with Gasteiger partial charge in [0.1, 0.15) is 0 Å². The minimum absolute atomic E-state index is 0.782. The molecule has 0 saturated carbocycles. The quantitative estimate of drug-likeness (QED) is 0.861. The van der Waals surface area contributed by atoms with E-state index in [1.165, 1.54) is 0 Å². The maximum absolute atomic E-state index is 5.77. The van der Waals surface area contributed by atoms with Gasteiger partial charge in [0.25, 0.3) is 0 Å². The normalized spacial score (nSPS) is 18.1. The van der Waals surface area contributed by atoms with Crippen LogP contribution in [0, 0.1) is 0 Å². The summed E-state index contributed by atoms with van der Waals surface area (Å²) in [4.78, 5) is 13.7. The third-order valence-electron chi connectivity index (χ3n) is 4.06. The van der Waals surface area contributed by atoms with Crippen LogP contribution >= 0.6 is 0 Å². The molecule has 2 aromatic heterocycles. The van der Waals surface area contributed by atoms with Crippen LogP contribution in [0.15, 0.2) is 48.8 Å². The molecule has 2 aromatic rings. The maximum atomic E-state index is 5.77. The van der Waals surface area contributed by atoms with Crippen LogP contribution in [0.25, 0.3) is 0 Å². The highest BCUT2D eigenvalue weighted by Gasteiger charge is 2.14. The molecule has 1 aliphatic rings. The predicted octanol–water partition coefficient (Wildman–Crippen LogP) is 1.81. The topological polar surface area (TPSA) is 41.5 Å². The van der Waals surface area contributed by atoms with E-state index in [0.717, 1.165) is 63.9 Å². The van der Waals surface area contributed by atoms with E-state index in [1.807, 2.05) is 36.7 Å².